The van der Waals surface area contributed by atoms with E-state index in [-0.39, 0.29) is 23.8 Å². The Morgan fingerprint density at radius 2 is 1.69 bits per heavy atom. The van der Waals surface area contributed by atoms with Gasteiger partial charge in [-0.05, 0) is 12.1 Å². The van der Waals surface area contributed by atoms with Gasteiger partial charge in [-0.25, -0.2) is 0 Å². The largest absolute Gasteiger partial charge is 0.434 e. The minimum Gasteiger partial charge on any atom is -0.434 e. The Bertz CT molecular complexity index is 825. The third-order valence-corrected chi connectivity index (χ3v) is 4.87. The summed E-state index contributed by atoms with van der Waals surface area (Å²) in [7, 11) is 0. The Labute approximate surface area is 168 Å². The SMILES string of the molecule is O=C(NCC(=O)N1CC[NH+](Cc2ccccc2)CC1)c1ccccc1OC(F)F. The van der Waals surface area contributed by atoms with Crippen LogP contribution in [0.5, 0.6) is 5.75 Å². The highest BCUT2D eigenvalue weighted by atomic mass is 19.3. The summed E-state index contributed by atoms with van der Waals surface area (Å²) in [6.45, 7) is 0.597. The average Bonchev–Trinajstić information content (AvgIpc) is 2.73. The van der Waals surface area contributed by atoms with E-state index in [1.54, 1.807) is 11.0 Å². The molecule has 154 valence electrons. The van der Waals surface area contributed by atoms with Gasteiger partial charge in [0.1, 0.15) is 12.3 Å². The van der Waals surface area contributed by atoms with Crippen LogP contribution in [0.3, 0.4) is 0 Å². The molecule has 29 heavy (non-hydrogen) atoms. The van der Waals surface area contributed by atoms with Gasteiger partial charge in [0.15, 0.2) is 0 Å². The van der Waals surface area contributed by atoms with E-state index in [4.69, 9.17) is 0 Å². The van der Waals surface area contributed by atoms with Gasteiger partial charge < -0.3 is 19.9 Å². The van der Waals surface area contributed by atoms with Crippen LogP contribution in [0, 0.1) is 0 Å². The number of hydrogen-bond donors (Lipinski definition) is 2. The molecule has 0 atom stereocenters. The Morgan fingerprint density at radius 3 is 2.38 bits per heavy atom. The van der Waals surface area contributed by atoms with E-state index in [0.717, 1.165) is 19.6 Å². The van der Waals surface area contributed by atoms with Crippen molar-refractivity contribution in [2.24, 2.45) is 0 Å². The van der Waals surface area contributed by atoms with Crippen LogP contribution in [0.25, 0.3) is 0 Å². The summed E-state index contributed by atoms with van der Waals surface area (Å²) in [5, 5.41) is 2.50. The molecule has 2 amide bonds. The van der Waals surface area contributed by atoms with Crippen molar-refractivity contribution < 1.29 is 28.0 Å². The number of nitrogens with zero attached hydrogens (tertiary/aromatic N) is 1. The monoisotopic (exact) mass is 404 g/mol. The molecule has 2 aromatic carbocycles. The smallest absolute Gasteiger partial charge is 0.387 e. The molecule has 1 aliphatic heterocycles. The van der Waals surface area contributed by atoms with Crippen molar-refractivity contribution in [1.29, 1.82) is 0 Å². The molecule has 0 saturated carbocycles. The van der Waals surface area contributed by atoms with Gasteiger partial charge in [0.05, 0.1) is 38.3 Å². The Morgan fingerprint density at radius 1 is 1.03 bits per heavy atom. The van der Waals surface area contributed by atoms with E-state index in [0.29, 0.717) is 13.1 Å². The maximum atomic E-state index is 12.5. The number of benzene rings is 2. The number of hydrogen-bond acceptors (Lipinski definition) is 3. The summed E-state index contributed by atoms with van der Waals surface area (Å²) in [4.78, 5) is 27.8. The lowest BCUT2D eigenvalue weighted by Gasteiger charge is -2.32. The number of carbonyl (C=O) groups excluding carboxylic acids is 2. The number of nitrogens with one attached hydrogen (secondary N) is 2. The number of halogens is 2. The van der Waals surface area contributed by atoms with Crippen molar-refractivity contribution in [2.45, 2.75) is 13.2 Å². The maximum absolute atomic E-state index is 12.5. The second-order valence-corrected chi connectivity index (χ2v) is 6.85. The molecule has 1 saturated heterocycles. The van der Waals surface area contributed by atoms with Crippen molar-refractivity contribution in [2.75, 3.05) is 32.7 Å². The van der Waals surface area contributed by atoms with Crippen LogP contribution in [0.15, 0.2) is 54.6 Å². The number of amides is 2. The Balaban J connectivity index is 1.46. The fourth-order valence-corrected chi connectivity index (χ4v) is 3.35. The van der Waals surface area contributed by atoms with Crippen molar-refractivity contribution >= 4 is 11.8 Å². The van der Waals surface area contributed by atoms with Crippen LogP contribution in [0.4, 0.5) is 8.78 Å². The van der Waals surface area contributed by atoms with Gasteiger partial charge in [-0.3, -0.25) is 9.59 Å². The number of carbonyl (C=O) groups is 2. The molecule has 0 aliphatic carbocycles. The van der Waals surface area contributed by atoms with E-state index in [2.05, 4.69) is 22.2 Å². The van der Waals surface area contributed by atoms with Gasteiger partial charge in [-0.2, -0.15) is 8.78 Å². The second kappa shape index (κ2) is 9.97. The van der Waals surface area contributed by atoms with Crippen LogP contribution < -0.4 is 15.0 Å². The van der Waals surface area contributed by atoms with E-state index < -0.39 is 12.5 Å². The van der Waals surface area contributed by atoms with E-state index in [1.807, 2.05) is 18.2 Å². The average molecular weight is 404 g/mol. The highest BCUT2D eigenvalue weighted by Crippen LogP contribution is 2.19. The molecular formula is C21H24F2N3O3+. The second-order valence-electron chi connectivity index (χ2n) is 6.85. The zero-order chi connectivity index (χ0) is 20.6. The standard InChI is InChI=1S/C21H23F2N3O3/c22-21(23)29-18-9-5-4-8-17(18)20(28)24-14-19(27)26-12-10-25(11-13-26)15-16-6-2-1-3-7-16/h1-9,21H,10-15H2,(H,24,28)/p+1. The number of piperazine rings is 1. The van der Waals surface area contributed by atoms with Crippen molar-refractivity contribution in [3.63, 3.8) is 0 Å². The normalized spacial score (nSPS) is 14.7. The molecule has 0 aromatic heterocycles. The zero-order valence-corrected chi connectivity index (χ0v) is 15.9. The summed E-state index contributed by atoms with van der Waals surface area (Å²) in [5.74, 6) is -1.03. The van der Waals surface area contributed by atoms with Crippen LogP contribution in [-0.2, 0) is 11.3 Å². The number of rotatable bonds is 7. The quantitative estimate of drug-likeness (QED) is 0.722. The molecule has 1 aliphatic rings. The summed E-state index contributed by atoms with van der Waals surface area (Å²) < 4.78 is 29.3. The first-order chi connectivity index (χ1) is 14.0. The maximum Gasteiger partial charge on any atom is 0.387 e. The highest BCUT2D eigenvalue weighted by molar-refractivity contribution is 5.98. The number of alkyl halides is 2. The molecule has 1 heterocycles. The first kappa shape index (κ1) is 20.7. The van der Waals surface area contributed by atoms with Gasteiger partial charge in [0, 0.05) is 5.56 Å². The molecule has 0 unspecified atom stereocenters. The molecule has 0 bridgehead atoms. The van der Waals surface area contributed by atoms with Crippen LogP contribution in [0.1, 0.15) is 15.9 Å². The van der Waals surface area contributed by atoms with Gasteiger partial charge in [0.2, 0.25) is 5.91 Å². The van der Waals surface area contributed by atoms with Crippen molar-refractivity contribution in [1.82, 2.24) is 10.2 Å². The van der Waals surface area contributed by atoms with E-state index >= 15 is 0 Å². The third-order valence-electron chi connectivity index (χ3n) is 4.87. The first-order valence-corrected chi connectivity index (χ1v) is 9.50. The number of ether oxygens (including phenoxy) is 1. The molecule has 3 rings (SSSR count). The summed E-state index contributed by atoms with van der Waals surface area (Å²) in [5.41, 5.74) is 1.23. The number of quaternary nitrogens is 1. The van der Waals surface area contributed by atoms with Crippen molar-refractivity contribution in [3.8, 4) is 5.75 Å². The summed E-state index contributed by atoms with van der Waals surface area (Å²) >= 11 is 0. The van der Waals surface area contributed by atoms with Crippen LogP contribution in [-0.4, -0.2) is 56.0 Å². The predicted octanol–water partition coefficient (Wildman–Crippen LogP) is 0.945. The molecular weight excluding hydrogens is 380 g/mol. The van der Waals surface area contributed by atoms with E-state index in [1.165, 1.54) is 28.7 Å². The molecule has 2 aromatic rings. The lowest BCUT2D eigenvalue weighted by molar-refractivity contribution is -0.917. The topological polar surface area (TPSA) is 63.1 Å². The van der Waals surface area contributed by atoms with Gasteiger partial charge in [-0.1, -0.05) is 42.5 Å². The molecule has 8 heteroatoms. The van der Waals surface area contributed by atoms with Gasteiger partial charge in [0.25, 0.3) is 5.91 Å². The molecule has 0 spiro atoms. The Hall–Kier alpha value is -3.00. The van der Waals surface area contributed by atoms with Crippen LogP contribution >= 0.6 is 0 Å². The third kappa shape index (κ3) is 5.99. The molecule has 6 nitrogen and oxygen atoms in total. The molecule has 1 fully saturated rings. The van der Waals surface area contributed by atoms with Gasteiger partial charge >= 0.3 is 6.61 Å². The minimum atomic E-state index is -3.03. The predicted molar refractivity (Wildman–Crippen MR) is 103 cm³/mol. The summed E-state index contributed by atoms with van der Waals surface area (Å²) in [6.07, 6.45) is 0. The van der Waals surface area contributed by atoms with Gasteiger partial charge in [-0.15, -0.1) is 0 Å². The molecule has 2 N–H and O–H groups in total. The Kier molecular flexibility index (Phi) is 7.13. The number of para-hydroxylation sites is 1. The van der Waals surface area contributed by atoms with Crippen molar-refractivity contribution in [3.05, 3.63) is 65.7 Å². The lowest BCUT2D eigenvalue weighted by atomic mass is 10.2. The van der Waals surface area contributed by atoms with Crippen LogP contribution in [0.2, 0.25) is 0 Å². The fraction of sp³-hybridized carbons (Fsp3) is 0.333. The minimum absolute atomic E-state index is 0.0299. The van der Waals surface area contributed by atoms with E-state index in [9.17, 15) is 18.4 Å². The fourth-order valence-electron chi connectivity index (χ4n) is 3.35. The zero-order valence-electron chi connectivity index (χ0n) is 15.9. The first-order valence-electron chi connectivity index (χ1n) is 9.50. The molecule has 0 radical (unpaired) electrons. The highest BCUT2D eigenvalue weighted by Gasteiger charge is 2.24. The lowest BCUT2D eigenvalue weighted by Crippen LogP contribution is -3.13. The summed E-state index contributed by atoms with van der Waals surface area (Å²) in [6, 6.07) is 15.9.